The van der Waals surface area contributed by atoms with Crippen LogP contribution in [0.4, 0.5) is 18.9 Å². The first-order valence-corrected chi connectivity index (χ1v) is 8.70. The fourth-order valence-electron chi connectivity index (χ4n) is 2.94. The number of hydrogen-bond donors (Lipinski definition) is 3. The molecule has 0 aliphatic rings. The summed E-state index contributed by atoms with van der Waals surface area (Å²) < 4.78 is 40.5. The number of carbonyl (C=O) groups excluding carboxylic acids is 2. The highest BCUT2D eigenvalue weighted by Gasteiger charge is 2.31. The second-order valence-electron chi connectivity index (χ2n) is 6.38. The number of fused-ring (bicyclic) bond motifs is 1. The number of amides is 2. The Morgan fingerprint density at radius 3 is 2.45 bits per heavy atom. The lowest BCUT2D eigenvalue weighted by molar-refractivity contribution is -0.274. The Labute approximate surface area is 164 Å². The topological polar surface area (TPSA) is 83.2 Å². The van der Waals surface area contributed by atoms with Crippen LogP contribution in [0.1, 0.15) is 12.5 Å². The molecule has 0 aliphatic heterocycles. The predicted octanol–water partition coefficient (Wildman–Crippen LogP) is 3.75. The predicted molar refractivity (Wildman–Crippen MR) is 101 cm³/mol. The van der Waals surface area contributed by atoms with E-state index in [1.807, 2.05) is 24.3 Å². The first kappa shape index (κ1) is 20.2. The highest BCUT2D eigenvalue weighted by molar-refractivity contribution is 5.97. The van der Waals surface area contributed by atoms with Crippen molar-refractivity contribution in [2.75, 3.05) is 5.32 Å². The number of anilines is 1. The van der Waals surface area contributed by atoms with Crippen LogP contribution < -0.4 is 15.4 Å². The number of hydrogen-bond acceptors (Lipinski definition) is 3. The quantitative estimate of drug-likeness (QED) is 0.584. The van der Waals surface area contributed by atoms with Crippen LogP contribution in [0.3, 0.4) is 0 Å². The maximum Gasteiger partial charge on any atom is 0.573 e. The molecule has 2 aromatic carbocycles. The van der Waals surface area contributed by atoms with Crippen molar-refractivity contribution in [3.63, 3.8) is 0 Å². The van der Waals surface area contributed by atoms with Gasteiger partial charge in [0.25, 0.3) is 0 Å². The molecule has 1 atom stereocenters. The van der Waals surface area contributed by atoms with Crippen LogP contribution in [0, 0.1) is 0 Å². The maximum atomic E-state index is 12.7. The Kier molecular flexibility index (Phi) is 5.76. The number of aromatic amines is 1. The van der Waals surface area contributed by atoms with Gasteiger partial charge in [-0.2, -0.15) is 0 Å². The van der Waals surface area contributed by atoms with Gasteiger partial charge in [-0.15, -0.1) is 13.2 Å². The number of ether oxygens (including phenoxy) is 1. The molecule has 0 spiro atoms. The van der Waals surface area contributed by atoms with Crippen molar-refractivity contribution >= 4 is 28.4 Å². The number of H-pyrrole nitrogens is 1. The van der Waals surface area contributed by atoms with E-state index in [1.54, 1.807) is 6.20 Å². The Balaban J connectivity index is 1.73. The minimum Gasteiger partial charge on any atom is -0.406 e. The van der Waals surface area contributed by atoms with E-state index in [2.05, 4.69) is 20.4 Å². The molecule has 0 fully saturated rings. The standard InChI is InChI=1S/C20H18F3N3O3/c1-12(27)25-18(10-13-11-24-17-5-3-2-4-16(13)17)19(28)26-14-6-8-15(9-7-14)29-20(21,22)23/h2-9,11,18,24H,10H2,1H3,(H,25,27)(H,26,28)/t18-/m0/s1. The molecule has 0 aliphatic carbocycles. The Morgan fingerprint density at radius 2 is 1.79 bits per heavy atom. The number of halogens is 3. The zero-order valence-corrected chi connectivity index (χ0v) is 15.3. The molecular weight excluding hydrogens is 387 g/mol. The molecule has 6 nitrogen and oxygen atoms in total. The third kappa shape index (κ3) is 5.50. The molecule has 9 heteroatoms. The number of nitrogens with one attached hydrogen (secondary N) is 3. The van der Waals surface area contributed by atoms with E-state index in [0.717, 1.165) is 28.6 Å². The Hall–Kier alpha value is -3.49. The Morgan fingerprint density at radius 1 is 1.10 bits per heavy atom. The van der Waals surface area contributed by atoms with Crippen molar-refractivity contribution in [2.45, 2.75) is 25.7 Å². The van der Waals surface area contributed by atoms with Crippen LogP contribution in [0.15, 0.2) is 54.7 Å². The van der Waals surface area contributed by atoms with Gasteiger partial charge in [0.05, 0.1) is 0 Å². The van der Waals surface area contributed by atoms with Crippen LogP contribution in [0.5, 0.6) is 5.75 Å². The smallest absolute Gasteiger partial charge is 0.406 e. The van der Waals surface area contributed by atoms with Crippen molar-refractivity contribution in [2.24, 2.45) is 0 Å². The van der Waals surface area contributed by atoms with E-state index in [-0.39, 0.29) is 18.0 Å². The molecule has 3 N–H and O–H groups in total. The lowest BCUT2D eigenvalue weighted by Crippen LogP contribution is -2.44. The monoisotopic (exact) mass is 405 g/mol. The minimum atomic E-state index is -4.79. The summed E-state index contributed by atoms with van der Waals surface area (Å²) in [6, 6.07) is 11.5. The molecule has 2 amide bonds. The van der Waals surface area contributed by atoms with Gasteiger partial charge in [0.15, 0.2) is 0 Å². The van der Waals surface area contributed by atoms with Gasteiger partial charge >= 0.3 is 6.36 Å². The molecule has 3 aromatic rings. The molecule has 1 aromatic heterocycles. The lowest BCUT2D eigenvalue weighted by Gasteiger charge is -2.18. The molecule has 0 saturated heterocycles. The Bertz CT molecular complexity index is 1010. The highest BCUT2D eigenvalue weighted by Crippen LogP contribution is 2.24. The molecule has 0 unspecified atom stereocenters. The number of alkyl halides is 3. The lowest BCUT2D eigenvalue weighted by atomic mass is 10.0. The summed E-state index contributed by atoms with van der Waals surface area (Å²) >= 11 is 0. The number of para-hydroxylation sites is 1. The van der Waals surface area contributed by atoms with Crippen LogP contribution in [0.25, 0.3) is 10.9 Å². The number of rotatable bonds is 6. The molecule has 0 bridgehead atoms. The van der Waals surface area contributed by atoms with Crippen molar-refractivity contribution in [1.82, 2.24) is 10.3 Å². The molecule has 0 saturated carbocycles. The number of benzene rings is 2. The van der Waals surface area contributed by atoms with Gasteiger partial charge in [0.2, 0.25) is 11.8 Å². The molecule has 0 radical (unpaired) electrons. The fourth-order valence-corrected chi connectivity index (χ4v) is 2.94. The van der Waals surface area contributed by atoms with E-state index in [0.29, 0.717) is 0 Å². The third-order valence-electron chi connectivity index (χ3n) is 4.15. The average Bonchev–Trinajstić information content (AvgIpc) is 3.04. The molecule has 152 valence electrons. The van der Waals surface area contributed by atoms with Crippen molar-refractivity contribution in [3.8, 4) is 5.75 Å². The average molecular weight is 405 g/mol. The molecular formula is C20H18F3N3O3. The summed E-state index contributed by atoms with van der Waals surface area (Å²) in [4.78, 5) is 27.3. The second kappa shape index (κ2) is 8.26. The van der Waals surface area contributed by atoms with E-state index in [1.165, 1.54) is 19.1 Å². The van der Waals surface area contributed by atoms with E-state index in [4.69, 9.17) is 0 Å². The highest BCUT2D eigenvalue weighted by atomic mass is 19.4. The van der Waals surface area contributed by atoms with Gasteiger partial charge < -0.3 is 20.4 Å². The maximum absolute atomic E-state index is 12.7. The van der Waals surface area contributed by atoms with Gasteiger partial charge in [-0.3, -0.25) is 9.59 Å². The van der Waals surface area contributed by atoms with Gasteiger partial charge in [0, 0.05) is 36.1 Å². The SMILES string of the molecule is CC(=O)N[C@@H](Cc1c[nH]c2ccccc12)C(=O)Nc1ccc(OC(F)(F)F)cc1. The van der Waals surface area contributed by atoms with Crippen LogP contribution in [0.2, 0.25) is 0 Å². The molecule has 1 heterocycles. The number of aromatic nitrogens is 1. The summed E-state index contributed by atoms with van der Waals surface area (Å²) in [7, 11) is 0. The zero-order chi connectivity index (χ0) is 21.0. The first-order valence-electron chi connectivity index (χ1n) is 8.70. The van der Waals surface area contributed by atoms with Gasteiger partial charge in [0.1, 0.15) is 11.8 Å². The molecule has 29 heavy (non-hydrogen) atoms. The van der Waals surface area contributed by atoms with Crippen LogP contribution >= 0.6 is 0 Å². The fraction of sp³-hybridized carbons (Fsp3) is 0.200. The van der Waals surface area contributed by atoms with Crippen molar-refractivity contribution in [3.05, 3.63) is 60.3 Å². The number of carbonyl (C=O) groups is 2. The first-order chi connectivity index (χ1) is 13.7. The van der Waals surface area contributed by atoms with Gasteiger partial charge in [-0.05, 0) is 35.9 Å². The normalized spacial score (nSPS) is 12.4. The summed E-state index contributed by atoms with van der Waals surface area (Å²) in [5.74, 6) is -1.26. The van der Waals surface area contributed by atoms with Gasteiger partial charge in [-0.1, -0.05) is 18.2 Å². The van der Waals surface area contributed by atoms with Gasteiger partial charge in [-0.25, -0.2) is 0 Å². The summed E-state index contributed by atoms with van der Waals surface area (Å²) in [5.41, 5.74) is 2.03. The minimum absolute atomic E-state index is 0.241. The summed E-state index contributed by atoms with van der Waals surface area (Å²) in [6.07, 6.45) is -2.78. The van der Waals surface area contributed by atoms with E-state index >= 15 is 0 Å². The summed E-state index contributed by atoms with van der Waals surface area (Å²) in [5, 5.41) is 6.14. The van der Waals surface area contributed by atoms with Crippen LogP contribution in [-0.4, -0.2) is 29.2 Å². The van der Waals surface area contributed by atoms with Crippen molar-refractivity contribution in [1.29, 1.82) is 0 Å². The second-order valence-corrected chi connectivity index (χ2v) is 6.38. The third-order valence-corrected chi connectivity index (χ3v) is 4.15. The summed E-state index contributed by atoms with van der Waals surface area (Å²) in [6.45, 7) is 1.30. The zero-order valence-electron chi connectivity index (χ0n) is 15.3. The molecule has 3 rings (SSSR count). The van der Waals surface area contributed by atoms with E-state index in [9.17, 15) is 22.8 Å². The van der Waals surface area contributed by atoms with Crippen LogP contribution in [-0.2, 0) is 16.0 Å². The van der Waals surface area contributed by atoms with E-state index < -0.39 is 24.1 Å². The largest absolute Gasteiger partial charge is 0.573 e. The van der Waals surface area contributed by atoms with Crippen molar-refractivity contribution < 1.29 is 27.5 Å².